The topological polar surface area (TPSA) is 24.9 Å². The molecule has 131 valence electrons. The second kappa shape index (κ2) is 14.0. The quantitative estimate of drug-likeness (QED) is 0.482. The average Bonchev–Trinajstić information content (AvgIpc) is 2.49. The molecule has 0 spiro atoms. The van der Waals surface area contributed by atoms with Crippen molar-refractivity contribution in [1.82, 2.24) is 9.80 Å². The SMILES string of the molecule is CCN(CC)CCC(C)[O][Co][O]C(C)CCN(CC)CC. The first-order valence-corrected chi connectivity index (χ1v) is 9.29. The Labute approximate surface area is 139 Å². The number of hydrogen-bond acceptors (Lipinski definition) is 4. The van der Waals surface area contributed by atoms with Gasteiger partial charge in [0.25, 0.3) is 0 Å². The van der Waals surface area contributed by atoms with Crippen LogP contribution in [-0.2, 0) is 23.0 Å². The van der Waals surface area contributed by atoms with Gasteiger partial charge in [-0.3, -0.25) is 0 Å². The second-order valence-electron chi connectivity index (χ2n) is 5.47. The van der Waals surface area contributed by atoms with Crippen molar-refractivity contribution in [3.05, 3.63) is 0 Å². The minimum absolute atomic E-state index is 0.251. The molecule has 0 aromatic carbocycles. The van der Waals surface area contributed by atoms with Crippen molar-refractivity contribution in [1.29, 1.82) is 0 Å². The molecule has 2 unspecified atom stereocenters. The van der Waals surface area contributed by atoms with Crippen LogP contribution in [0.3, 0.4) is 0 Å². The molecule has 0 saturated heterocycles. The molecule has 0 rings (SSSR count). The molecule has 0 radical (unpaired) electrons. The van der Waals surface area contributed by atoms with Crippen molar-refractivity contribution < 1.29 is 23.0 Å². The number of hydrogen-bond donors (Lipinski definition) is 0. The van der Waals surface area contributed by atoms with Gasteiger partial charge < -0.3 is 0 Å². The third-order valence-corrected chi connectivity index (χ3v) is 4.86. The van der Waals surface area contributed by atoms with Crippen LogP contribution < -0.4 is 0 Å². The molecule has 0 amide bonds. The van der Waals surface area contributed by atoms with E-state index < -0.39 is 0 Å². The van der Waals surface area contributed by atoms with Gasteiger partial charge in [-0.05, 0) is 0 Å². The first kappa shape index (κ1) is 21.3. The predicted molar refractivity (Wildman–Crippen MR) is 85.9 cm³/mol. The number of rotatable bonds is 14. The van der Waals surface area contributed by atoms with Crippen LogP contribution in [0.4, 0.5) is 0 Å². The Morgan fingerprint density at radius 3 is 1.33 bits per heavy atom. The third kappa shape index (κ3) is 11.6. The Balaban J connectivity index is 3.63. The van der Waals surface area contributed by atoms with Crippen molar-refractivity contribution in [2.75, 3.05) is 39.3 Å². The minimum atomic E-state index is 0.251. The summed E-state index contributed by atoms with van der Waals surface area (Å²) in [6, 6.07) is 0. The van der Waals surface area contributed by atoms with Gasteiger partial charge in [-0.15, -0.1) is 0 Å². The van der Waals surface area contributed by atoms with Crippen molar-refractivity contribution in [2.45, 2.75) is 66.6 Å². The molecule has 0 aliphatic heterocycles. The van der Waals surface area contributed by atoms with E-state index in [0.29, 0.717) is 15.3 Å². The summed E-state index contributed by atoms with van der Waals surface area (Å²) in [7, 11) is 0. The van der Waals surface area contributed by atoms with Gasteiger partial charge in [-0.2, -0.15) is 0 Å². The molecule has 0 aliphatic rings. The van der Waals surface area contributed by atoms with Gasteiger partial charge >= 0.3 is 139 Å². The van der Waals surface area contributed by atoms with E-state index in [1.54, 1.807) is 0 Å². The molecule has 0 saturated carbocycles. The van der Waals surface area contributed by atoms with E-state index in [1.165, 1.54) is 0 Å². The fourth-order valence-electron chi connectivity index (χ4n) is 2.02. The molecule has 0 aromatic heterocycles. The second-order valence-corrected chi connectivity index (χ2v) is 6.13. The van der Waals surface area contributed by atoms with Crippen LogP contribution in [-0.4, -0.2) is 61.3 Å². The van der Waals surface area contributed by atoms with E-state index in [-0.39, 0.29) is 12.2 Å². The van der Waals surface area contributed by atoms with E-state index in [2.05, 4.69) is 51.3 Å². The molecule has 0 N–H and O–H groups in total. The molecule has 21 heavy (non-hydrogen) atoms. The van der Waals surface area contributed by atoms with E-state index in [4.69, 9.17) is 7.70 Å². The molecular weight excluding hydrogens is 311 g/mol. The van der Waals surface area contributed by atoms with Gasteiger partial charge in [0.1, 0.15) is 0 Å². The van der Waals surface area contributed by atoms with Crippen LogP contribution in [0.25, 0.3) is 0 Å². The van der Waals surface area contributed by atoms with Crippen LogP contribution >= 0.6 is 0 Å². The summed E-state index contributed by atoms with van der Waals surface area (Å²) in [5, 5.41) is 0. The average molecular weight is 347 g/mol. The predicted octanol–water partition coefficient (Wildman–Crippen LogP) is 3.17. The molecule has 0 aromatic rings. The Morgan fingerprint density at radius 1 is 0.714 bits per heavy atom. The number of nitrogens with zero attached hydrogens (tertiary/aromatic N) is 2. The Morgan fingerprint density at radius 2 is 1.05 bits per heavy atom. The maximum atomic E-state index is 5.72. The van der Waals surface area contributed by atoms with E-state index >= 15 is 0 Å². The van der Waals surface area contributed by atoms with Crippen LogP contribution in [0.15, 0.2) is 0 Å². The zero-order valence-electron chi connectivity index (χ0n) is 14.9. The van der Waals surface area contributed by atoms with E-state index in [0.717, 1.165) is 52.1 Å². The van der Waals surface area contributed by atoms with Gasteiger partial charge in [-0.1, -0.05) is 0 Å². The zero-order chi connectivity index (χ0) is 16.1. The first-order chi connectivity index (χ1) is 10.1. The maximum absolute atomic E-state index is 5.72. The van der Waals surface area contributed by atoms with Gasteiger partial charge in [0.15, 0.2) is 0 Å². The molecule has 2 atom stereocenters. The summed E-state index contributed by atoms with van der Waals surface area (Å²) in [5.41, 5.74) is 0. The monoisotopic (exact) mass is 347 g/mol. The van der Waals surface area contributed by atoms with Gasteiger partial charge in [0, 0.05) is 0 Å². The summed E-state index contributed by atoms with van der Waals surface area (Å²) < 4.78 is 11.4. The summed E-state index contributed by atoms with van der Waals surface area (Å²) in [6.45, 7) is 19.7. The summed E-state index contributed by atoms with van der Waals surface area (Å²) >= 11 is 0.697. The molecule has 5 heteroatoms. The van der Waals surface area contributed by atoms with Crippen molar-refractivity contribution in [2.24, 2.45) is 0 Å². The summed E-state index contributed by atoms with van der Waals surface area (Å²) in [5.74, 6) is 0. The standard InChI is InChI=1S/2C8H18NO.Co/c2*1-4-9(5-2)7-6-8(3)10;/h2*8H,4-7H2,1-3H3;/q2*-1;+2. The van der Waals surface area contributed by atoms with Crippen molar-refractivity contribution >= 4 is 0 Å². The normalized spacial score (nSPS) is 15.0. The van der Waals surface area contributed by atoms with Crippen LogP contribution in [0.1, 0.15) is 54.4 Å². The summed E-state index contributed by atoms with van der Waals surface area (Å²) in [6.07, 6.45) is 2.62. The fourth-order valence-corrected chi connectivity index (χ4v) is 2.66. The van der Waals surface area contributed by atoms with Gasteiger partial charge in [0.2, 0.25) is 0 Å². The van der Waals surface area contributed by atoms with Crippen LogP contribution in [0, 0.1) is 0 Å². The Hall–Kier alpha value is 0.346. The zero-order valence-corrected chi connectivity index (χ0v) is 15.9. The van der Waals surface area contributed by atoms with E-state index in [1.807, 2.05) is 0 Å². The van der Waals surface area contributed by atoms with Gasteiger partial charge in [0.05, 0.1) is 0 Å². The first-order valence-electron chi connectivity index (χ1n) is 8.44. The van der Waals surface area contributed by atoms with E-state index in [9.17, 15) is 0 Å². The third-order valence-electron chi connectivity index (χ3n) is 3.82. The van der Waals surface area contributed by atoms with Crippen molar-refractivity contribution in [3.63, 3.8) is 0 Å². The van der Waals surface area contributed by atoms with Crippen LogP contribution in [0.5, 0.6) is 0 Å². The molecular formula is C16H36CoN2O2. The molecule has 0 aliphatic carbocycles. The molecule has 0 heterocycles. The fraction of sp³-hybridized carbons (Fsp3) is 1.00. The molecule has 4 nitrogen and oxygen atoms in total. The Bertz CT molecular complexity index is 202. The Kier molecular flexibility index (Phi) is 14.2. The molecule has 0 fully saturated rings. The molecule has 0 bridgehead atoms. The van der Waals surface area contributed by atoms with Gasteiger partial charge in [-0.25, -0.2) is 0 Å². The summed E-state index contributed by atoms with van der Waals surface area (Å²) in [4.78, 5) is 4.84. The van der Waals surface area contributed by atoms with Crippen LogP contribution in [0.2, 0.25) is 0 Å². The van der Waals surface area contributed by atoms with Crippen molar-refractivity contribution in [3.8, 4) is 0 Å².